The van der Waals surface area contributed by atoms with Gasteiger partial charge in [0.25, 0.3) is 5.91 Å². The summed E-state index contributed by atoms with van der Waals surface area (Å²) >= 11 is 3.43. The summed E-state index contributed by atoms with van der Waals surface area (Å²) < 4.78 is 8.90. The van der Waals surface area contributed by atoms with Crippen LogP contribution in [0.1, 0.15) is 22.3 Å². The first-order chi connectivity index (χ1) is 10.0. The van der Waals surface area contributed by atoms with E-state index in [0.29, 0.717) is 20.0 Å². The molecule has 0 unspecified atom stereocenters. The maximum absolute atomic E-state index is 12.0. The molecule has 11 heteroatoms. The molecule has 8 nitrogen and oxygen atoms in total. The first-order valence-corrected chi connectivity index (χ1v) is 8.16. The van der Waals surface area contributed by atoms with Crippen LogP contribution in [0.3, 0.4) is 0 Å². The lowest BCUT2D eigenvalue weighted by atomic mass is 10.4. The highest BCUT2D eigenvalue weighted by molar-refractivity contribution is 8.02. The maximum atomic E-state index is 12.0. The van der Waals surface area contributed by atoms with Gasteiger partial charge in [-0.15, -0.1) is 15.3 Å². The number of nitrogens with one attached hydrogen (secondary N) is 1. The van der Waals surface area contributed by atoms with Crippen LogP contribution in [-0.2, 0) is 9.53 Å². The minimum Gasteiger partial charge on any atom is -0.468 e. The van der Waals surface area contributed by atoms with Gasteiger partial charge in [0.1, 0.15) is 10.1 Å². The van der Waals surface area contributed by atoms with Gasteiger partial charge in [-0.3, -0.25) is 14.9 Å². The van der Waals surface area contributed by atoms with Crippen LogP contribution in [0.4, 0.5) is 5.13 Å². The summed E-state index contributed by atoms with van der Waals surface area (Å²) in [4.78, 5) is 23.7. The number of thioether (sulfide) groups is 1. The Balaban J connectivity index is 1.99. The quantitative estimate of drug-likeness (QED) is 0.495. The van der Waals surface area contributed by atoms with Crippen molar-refractivity contribution in [1.29, 1.82) is 0 Å². The van der Waals surface area contributed by atoms with Crippen LogP contribution in [0.25, 0.3) is 0 Å². The van der Waals surface area contributed by atoms with E-state index >= 15 is 0 Å². The molecule has 2 aromatic heterocycles. The topological polar surface area (TPSA) is 107 Å². The zero-order valence-electron chi connectivity index (χ0n) is 11.3. The number of methoxy groups -OCH3 is 1. The Labute approximate surface area is 132 Å². The SMILES string of the molecule is COC(=O)[C@@H](C)Sc1nnc(NC(=O)c2snnc2C)s1. The van der Waals surface area contributed by atoms with Crippen LogP contribution < -0.4 is 5.32 Å². The molecule has 1 amide bonds. The van der Waals surface area contributed by atoms with E-state index in [2.05, 4.69) is 29.8 Å². The van der Waals surface area contributed by atoms with E-state index in [9.17, 15) is 9.59 Å². The molecule has 0 saturated carbocycles. The number of aryl methyl sites for hydroxylation is 1. The highest BCUT2D eigenvalue weighted by Crippen LogP contribution is 2.29. The highest BCUT2D eigenvalue weighted by atomic mass is 32.2. The second kappa shape index (κ2) is 6.91. The molecule has 2 rings (SSSR count). The molecule has 0 aliphatic heterocycles. The third kappa shape index (κ3) is 3.95. The summed E-state index contributed by atoms with van der Waals surface area (Å²) in [5.74, 6) is -0.664. The molecular weight excluding hydrogens is 334 g/mol. The van der Waals surface area contributed by atoms with Crippen molar-refractivity contribution in [3.8, 4) is 0 Å². The molecule has 112 valence electrons. The van der Waals surface area contributed by atoms with Crippen molar-refractivity contribution in [3.05, 3.63) is 10.6 Å². The van der Waals surface area contributed by atoms with Crippen molar-refractivity contribution in [3.63, 3.8) is 0 Å². The summed E-state index contributed by atoms with van der Waals surface area (Å²) in [5.41, 5.74) is 0.566. The van der Waals surface area contributed by atoms with Crippen molar-refractivity contribution in [2.24, 2.45) is 0 Å². The number of nitrogens with zero attached hydrogens (tertiary/aromatic N) is 4. The average Bonchev–Trinajstić information content (AvgIpc) is 3.06. The van der Waals surface area contributed by atoms with E-state index in [0.717, 1.165) is 11.5 Å². The molecule has 1 atom stereocenters. The lowest BCUT2D eigenvalue weighted by molar-refractivity contribution is -0.139. The molecule has 0 bridgehead atoms. The second-order valence-corrected chi connectivity index (χ2v) is 7.12. The number of carbonyl (C=O) groups excluding carboxylic acids is 2. The van der Waals surface area contributed by atoms with Crippen molar-refractivity contribution < 1.29 is 14.3 Å². The lowest BCUT2D eigenvalue weighted by Gasteiger charge is -2.04. The monoisotopic (exact) mass is 345 g/mol. The molecule has 0 aliphatic rings. The normalized spacial score (nSPS) is 12.0. The van der Waals surface area contributed by atoms with Gasteiger partial charge in [-0.05, 0) is 25.4 Å². The Bertz CT molecular complexity index is 656. The molecule has 0 spiro atoms. The predicted octanol–water partition coefficient (Wildman–Crippen LogP) is 1.60. The number of hydrogen-bond acceptors (Lipinski definition) is 10. The average molecular weight is 345 g/mol. The number of carbonyl (C=O) groups is 2. The van der Waals surface area contributed by atoms with Crippen LogP contribution in [0.15, 0.2) is 4.34 Å². The van der Waals surface area contributed by atoms with Gasteiger partial charge in [-0.1, -0.05) is 27.6 Å². The van der Waals surface area contributed by atoms with E-state index in [1.165, 1.54) is 30.2 Å². The predicted molar refractivity (Wildman–Crippen MR) is 79.8 cm³/mol. The molecule has 2 aromatic rings. The Morgan fingerprint density at radius 1 is 1.33 bits per heavy atom. The first kappa shape index (κ1) is 15.8. The van der Waals surface area contributed by atoms with E-state index < -0.39 is 0 Å². The number of amides is 1. The molecule has 0 aliphatic carbocycles. The molecular formula is C10H11N5O3S3. The zero-order valence-corrected chi connectivity index (χ0v) is 13.8. The summed E-state index contributed by atoms with van der Waals surface area (Å²) in [5, 5.41) is 14.1. The number of hydrogen-bond donors (Lipinski definition) is 1. The minimum atomic E-state index is -0.389. The maximum Gasteiger partial charge on any atom is 0.318 e. The summed E-state index contributed by atoms with van der Waals surface area (Å²) in [6, 6.07) is 0. The fraction of sp³-hybridized carbons (Fsp3) is 0.400. The number of esters is 1. The van der Waals surface area contributed by atoms with Gasteiger partial charge in [0.05, 0.1) is 12.8 Å². The molecule has 0 radical (unpaired) electrons. The van der Waals surface area contributed by atoms with Crippen molar-refractivity contribution >= 4 is 51.6 Å². The largest absolute Gasteiger partial charge is 0.468 e. The van der Waals surface area contributed by atoms with E-state index in [1.807, 2.05) is 0 Å². The third-order valence-electron chi connectivity index (χ3n) is 2.30. The fourth-order valence-corrected chi connectivity index (χ4v) is 3.74. The Kier molecular flexibility index (Phi) is 5.20. The second-order valence-electron chi connectivity index (χ2n) is 3.80. The van der Waals surface area contributed by atoms with Gasteiger partial charge in [0.2, 0.25) is 5.13 Å². The molecule has 0 fully saturated rings. The molecule has 2 heterocycles. The molecule has 21 heavy (non-hydrogen) atoms. The summed E-state index contributed by atoms with van der Waals surface area (Å²) in [7, 11) is 1.33. The van der Waals surface area contributed by atoms with Crippen LogP contribution in [0.2, 0.25) is 0 Å². The minimum absolute atomic E-state index is 0.323. The van der Waals surface area contributed by atoms with Crippen LogP contribution in [-0.4, -0.2) is 44.0 Å². The van der Waals surface area contributed by atoms with Crippen molar-refractivity contribution in [2.75, 3.05) is 12.4 Å². The van der Waals surface area contributed by atoms with E-state index in [1.54, 1.807) is 13.8 Å². The smallest absolute Gasteiger partial charge is 0.318 e. The van der Waals surface area contributed by atoms with Crippen LogP contribution >= 0.6 is 34.6 Å². The van der Waals surface area contributed by atoms with E-state index in [4.69, 9.17) is 0 Å². The van der Waals surface area contributed by atoms with Crippen LogP contribution in [0, 0.1) is 6.92 Å². The van der Waals surface area contributed by atoms with Gasteiger partial charge < -0.3 is 4.74 Å². The highest BCUT2D eigenvalue weighted by Gasteiger charge is 2.19. The molecule has 0 saturated heterocycles. The number of anilines is 1. The number of aromatic nitrogens is 4. The fourth-order valence-electron chi connectivity index (χ4n) is 1.27. The Morgan fingerprint density at radius 3 is 2.71 bits per heavy atom. The number of ether oxygens (including phenoxy) is 1. The van der Waals surface area contributed by atoms with Gasteiger partial charge in [0, 0.05) is 0 Å². The Hall–Kier alpha value is -1.59. The number of rotatable bonds is 5. The zero-order chi connectivity index (χ0) is 15.4. The summed E-state index contributed by atoms with van der Waals surface area (Å²) in [6.45, 7) is 3.42. The van der Waals surface area contributed by atoms with Gasteiger partial charge >= 0.3 is 5.97 Å². The van der Waals surface area contributed by atoms with Gasteiger partial charge in [0.15, 0.2) is 4.34 Å². The molecule has 0 aromatic carbocycles. The van der Waals surface area contributed by atoms with Gasteiger partial charge in [-0.2, -0.15) is 0 Å². The van der Waals surface area contributed by atoms with E-state index in [-0.39, 0.29) is 17.1 Å². The summed E-state index contributed by atoms with van der Waals surface area (Å²) in [6.07, 6.45) is 0. The molecule has 1 N–H and O–H groups in total. The standard InChI is InChI=1S/C10H11N5O3S3/c1-4-6(21-15-12-4)7(16)11-9-13-14-10(20-9)19-5(2)8(17)18-3/h5H,1-3H3,(H,11,13,16)/t5-/m1/s1. The van der Waals surface area contributed by atoms with Crippen LogP contribution in [0.5, 0.6) is 0 Å². The third-order valence-corrected chi connectivity index (χ3v) is 5.12. The lowest BCUT2D eigenvalue weighted by Crippen LogP contribution is -2.14. The van der Waals surface area contributed by atoms with Crippen molar-refractivity contribution in [2.45, 2.75) is 23.4 Å². The first-order valence-electron chi connectivity index (χ1n) is 5.69. The van der Waals surface area contributed by atoms with Gasteiger partial charge in [-0.25, -0.2) is 0 Å². The van der Waals surface area contributed by atoms with Crippen molar-refractivity contribution in [1.82, 2.24) is 19.8 Å². The Morgan fingerprint density at radius 2 is 2.10 bits per heavy atom.